The first-order valence-corrected chi connectivity index (χ1v) is 3.09. The first kappa shape index (κ1) is 8.43. The fourth-order valence-electron chi connectivity index (χ4n) is 0.554. The average molecular weight is 130 g/mol. The lowest BCUT2D eigenvalue weighted by Gasteiger charge is -2.02. The van der Waals surface area contributed by atoms with E-state index in [1.54, 1.807) is 0 Å². The molecule has 0 saturated carbocycles. The molecule has 0 aliphatic carbocycles. The molecular weight excluding hydrogens is 118 g/mol. The Morgan fingerprint density at radius 1 is 1.67 bits per heavy atom. The van der Waals surface area contributed by atoms with Crippen molar-refractivity contribution >= 4 is 5.91 Å². The molecule has 0 saturated heterocycles. The Kier molecular flexibility index (Phi) is 4.05. The molecule has 0 bridgehead atoms. The topological polar surface area (TPSA) is 49.0 Å². The molecule has 0 aliphatic rings. The summed E-state index contributed by atoms with van der Waals surface area (Å²) in [6.07, 6.45) is 0.126. The molecule has 0 rings (SSSR count). The van der Waals surface area contributed by atoms with Crippen LogP contribution in [0.2, 0.25) is 0 Å². The molecule has 0 aromatic heterocycles. The highest BCUT2D eigenvalue weighted by Gasteiger charge is 2.12. The van der Waals surface area contributed by atoms with Gasteiger partial charge >= 0.3 is 0 Å². The molecule has 1 atom stereocenters. The summed E-state index contributed by atoms with van der Waals surface area (Å²) in [5, 5.41) is 12.9. The molecule has 3 heteroatoms. The van der Waals surface area contributed by atoms with Gasteiger partial charge in [0.15, 0.2) is 6.10 Å². The van der Waals surface area contributed by atoms with Gasteiger partial charge in [0.2, 0.25) is 0 Å². The van der Waals surface area contributed by atoms with Gasteiger partial charge in [-0.25, -0.2) is 5.11 Å². The minimum Gasteiger partial charge on any atom is -0.357 e. The second kappa shape index (κ2) is 4.32. The van der Waals surface area contributed by atoms with Crippen LogP contribution in [-0.4, -0.2) is 19.1 Å². The zero-order valence-electron chi connectivity index (χ0n) is 5.81. The maximum atomic E-state index is 10.6. The monoisotopic (exact) mass is 130 g/mol. The molecule has 1 radical (unpaired) electrons. The second-order valence-corrected chi connectivity index (χ2v) is 1.89. The normalized spacial score (nSPS) is 12.8. The highest BCUT2D eigenvalue weighted by Crippen LogP contribution is 1.95. The van der Waals surface area contributed by atoms with Crippen molar-refractivity contribution in [1.82, 2.24) is 5.32 Å². The van der Waals surface area contributed by atoms with Crippen LogP contribution in [0.1, 0.15) is 19.8 Å². The van der Waals surface area contributed by atoms with Crippen LogP contribution in [0.5, 0.6) is 0 Å². The maximum Gasteiger partial charge on any atom is 0.252 e. The number of amides is 1. The Balaban J connectivity index is 3.45. The van der Waals surface area contributed by atoms with Crippen LogP contribution in [-0.2, 0) is 9.90 Å². The molecule has 0 aromatic rings. The van der Waals surface area contributed by atoms with Crippen LogP contribution in [0.25, 0.3) is 0 Å². The Labute approximate surface area is 55.1 Å². The predicted molar refractivity (Wildman–Crippen MR) is 33.4 cm³/mol. The van der Waals surface area contributed by atoms with Crippen molar-refractivity contribution < 1.29 is 9.90 Å². The fourth-order valence-corrected chi connectivity index (χ4v) is 0.554. The summed E-state index contributed by atoms with van der Waals surface area (Å²) in [7, 11) is 1.48. The van der Waals surface area contributed by atoms with E-state index in [1.165, 1.54) is 7.05 Å². The highest BCUT2D eigenvalue weighted by atomic mass is 16.3. The third-order valence-corrected chi connectivity index (χ3v) is 1.09. The van der Waals surface area contributed by atoms with E-state index in [0.717, 1.165) is 6.42 Å². The van der Waals surface area contributed by atoms with Crippen LogP contribution in [0.4, 0.5) is 0 Å². The standard InChI is InChI=1S/C6H12NO2/c1-3-4-5(8)6(9)7-2/h5H,3-4H2,1-2H3,(H,7,9). The van der Waals surface area contributed by atoms with Crippen LogP contribution < -0.4 is 5.32 Å². The number of likely N-dealkylation sites (N-methyl/N-ethyl adjacent to an activating group) is 1. The van der Waals surface area contributed by atoms with Crippen molar-refractivity contribution in [3.8, 4) is 0 Å². The predicted octanol–water partition coefficient (Wildman–Crippen LogP) is 0.332. The summed E-state index contributed by atoms with van der Waals surface area (Å²) < 4.78 is 0. The minimum absolute atomic E-state index is 0.406. The number of rotatable bonds is 3. The van der Waals surface area contributed by atoms with Gasteiger partial charge in [0.1, 0.15) is 0 Å². The third-order valence-electron chi connectivity index (χ3n) is 1.09. The van der Waals surface area contributed by atoms with Crippen molar-refractivity contribution in [2.24, 2.45) is 0 Å². The Morgan fingerprint density at radius 3 is 2.56 bits per heavy atom. The maximum absolute atomic E-state index is 10.6. The molecule has 0 aromatic carbocycles. The fraction of sp³-hybridized carbons (Fsp3) is 0.833. The van der Waals surface area contributed by atoms with Gasteiger partial charge in [-0.05, 0) is 6.42 Å². The van der Waals surface area contributed by atoms with E-state index < -0.39 is 12.0 Å². The van der Waals surface area contributed by atoms with Crippen LogP contribution in [0.15, 0.2) is 0 Å². The number of nitrogens with one attached hydrogen (secondary N) is 1. The summed E-state index contributed by atoms with van der Waals surface area (Å²) in [6.45, 7) is 1.88. The number of hydrogen-bond donors (Lipinski definition) is 1. The number of carbonyl (C=O) groups is 1. The van der Waals surface area contributed by atoms with Crippen LogP contribution in [0, 0.1) is 0 Å². The van der Waals surface area contributed by atoms with Gasteiger partial charge in [-0.1, -0.05) is 13.3 Å². The summed E-state index contributed by atoms with van der Waals surface area (Å²) in [5.41, 5.74) is 0. The summed E-state index contributed by atoms with van der Waals surface area (Å²) in [6, 6.07) is 0. The quantitative estimate of drug-likeness (QED) is 0.588. The van der Waals surface area contributed by atoms with Crippen molar-refractivity contribution in [1.29, 1.82) is 0 Å². The smallest absolute Gasteiger partial charge is 0.252 e. The van der Waals surface area contributed by atoms with E-state index >= 15 is 0 Å². The van der Waals surface area contributed by atoms with E-state index in [2.05, 4.69) is 5.32 Å². The van der Waals surface area contributed by atoms with E-state index in [9.17, 15) is 9.90 Å². The van der Waals surface area contributed by atoms with E-state index in [0.29, 0.717) is 6.42 Å². The van der Waals surface area contributed by atoms with Gasteiger partial charge in [0.05, 0.1) is 0 Å². The van der Waals surface area contributed by atoms with E-state index in [4.69, 9.17) is 0 Å². The van der Waals surface area contributed by atoms with Gasteiger partial charge in [-0.15, -0.1) is 0 Å². The summed E-state index contributed by atoms with van der Waals surface area (Å²) in [4.78, 5) is 10.5. The first-order valence-electron chi connectivity index (χ1n) is 3.09. The van der Waals surface area contributed by atoms with Gasteiger partial charge in [-0.2, -0.15) is 0 Å². The minimum atomic E-state index is -1.07. The second-order valence-electron chi connectivity index (χ2n) is 1.89. The zero-order chi connectivity index (χ0) is 7.28. The van der Waals surface area contributed by atoms with Gasteiger partial charge in [-0.3, -0.25) is 4.79 Å². The Bertz CT molecular complexity index is 93.1. The molecular formula is C6H12NO2. The molecule has 1 amide bonds. The zero-order valence-corrected chi connectivity index (χ0v) is 5.81. The lowest BCUT2D eigenvalue weighted by molar-refractivity contribution is -0.132. The van der Waals surface area contributed by atoms with Crippen molar-refractivity contribution in [2.45, 2.75) is 25.9 Å². The summed E-state index contributed by atoms with van der Waals surface area (Å²) >= 11 is 0. The molecule has 1 N–H and O–H groups in total. The van der Waals surface area contributed by atoms with Gasteiger partial charge in [0, 0.05) is 7.05 Å². The molecule has 1 unspecified atom stereocenters. The van der Waals surface area contributed by atoms with Gasteiger partial charge in [0.25, 0.3) is 5.91 Å². The van der Waals surface area contributed by atoms with Gasteiger partial charge < -0.3 is 5.32 Å². The van der Waals surface area contributed by atoms with Crippen LogP contribution in [0.3, 0.4) is 0 Å². The molecule has 0 heterocycles. The molecule has 0 fully saturated rings. The van der Waals surface area contributed by atoms with Crippen LogP contribution >= 0.6 is 0 Å². The van der Waals surface area contributed by atoms with Crippen molar-refractivity contribution in [2.75, 3.05) is 7.05 Å². The first-order chi connectivity index (χ1) is 4.22. The molecule has 9 heavy (non-hydrogen) atoms. The molecule has 3 nitrogen and oxygen atoms in total. The average Bonchev–Trinajstić information content (AvgIpc) is 1.87. The van der Waals surface area contributed by atoms with E-state index in [-0.39, 0.29) is 0 Å². The summed E-state index contributed by atoms with van der Waals surface area (Å²) in [5.74, 6) is -0.406. The molecule has 0 spiro atoms. The molecule has 53 valence electrons. The number of hydrogen-bond acceptors (Lipinski definition) is 1. The van der Waals surface area contributed by atoms with Crippen molar-refractivity contribution in [3.63, 3.8) is 0 Å². The van der Waals surface area contributed by atoms with E-state index in [1.807, 2.05) is 6.92 Å². The highest BCUT2D eigenvalue weighted by molar-refractivity contribution is 5.79. The lowest BCUT2D eigenvalue weighted by Crippen LogP contribution is -2.30. The Morgan fingerprint density at radius 2 is 2.22 bits per heavy atom. The molecule has 0 aliphatic heterocycles. The Hall–Kier alpha value is -0.570. The SMILES string of the molecule is CCCC([O])C(=O)NC. The number of carbonyl (C=O) groups excluding carboxylic acids is 1. The largest absolute Gasteiger partial charge is 0.357 e. The third kappa shape index (κ3) is 3.08. The lowest BCUT2D eigenvalue weighted by atomic mass is 10.2. The van der Waals surface area contributed by atoms with Crippen molar-refractivity contribution in [3.05, 3.63) is 0 Å².